The third kappa shape index (κ3) is 10.7. The molecule has 0 spiro atoms. The van der Waals surface area contributed by atoms with E-state index >= 15 is 0 Å². The summed E-state index contributed by atoms with van der Waals surface area (Å²) in [7, 11) is 0. The first-order valence-electron chi connectivity index (χ1n) is 7.99. The number of nitrogens with zero attached hydrogens (tertiary/aromatic N) is 1. The lowest BCUT2D eigenvalue weighted by atomic mass is 10.2. The van der Waals surface area contributed by atoms with Gasteiger partial charge in [0.2, 0.25) is 11.8 Å². The van der Waals surface area contributed by atoms with Crippen molar-refractivity contribution in [2.45, 2.75) is 37.1 Å². The Morgan fingerprint density at radius 1 is 1.04 bits per heavy atom. The van der Waals surface area contributed by atoms with Gasteiger partial charge < -0.3 is 16.4 Å². The highest BCUT2D eigenvalue weighted by atomic mass is 32.2. The Morgan fingerprint density at radius 3 is 2.57 bits per heavy atom. The van der Waals surface area contributed by atoms with Crippen LogP contribution in [0.3, 0.4) is 0 Å². The van der Waals surface area contributed by atoms with Crippen LogP contribution in [-0.4, -0.2) is 42.2 Å². The van der Waals surface area contributed by atoms with Gasteiger partial charge in [0, 0.05) is 44.4 Å². The van der Waals surface area contributed by atoms with Crippen LogP contribution >= 0.6 is 11.8 Å². The molecule has 2 amide bonds. The van der Waals surface area contributed by atoms with Gasteiger partial charge in [-0.15, -0.1) is 11.8 Å². The SMILES string of the molecule is NCCNC(=O)CCCCCNC(=O)CCSc1ccccn1. The molecular weight excluding hydrogens is 312 g/mol. The van der Waals surface area contributed by atoms with E-state index in [2.05, 4.69) is 15.6 Å². The van der Waals surface area contributed by atoms with Gasteiger partial charge in [0.1, 0.15) is 0 Å². The van der Waals surface area contributed by atoms with Gasteiger partial charge in [0.05, 0.1) is 5.03 Å². The lowest BCUT2D eigenvalue weighted by molar-refractivity contribution is -0.122. The van der Waals surface area contributed by atoms with E-state index in [1.165, 1.54) is 0 Å². The van der Waals surface area contributed by atoms with Crippen molar-refractivity contribution in [2.24, 2.45) is 5.73 Å². The molecule has 0 saturated heterocycles. The average Bonchev–Trinajstić information content (AvgIpc) is 2.57. The molecule has 1 heterocycles. The smallest absolute Gasteiger partial charge is 0.220 e. The first-order chi connectivity index (χ1) is 11.2. The molecule has 0 aliphatic carbocycles. The van der Waals surface area contributed by atoms with Crippen molar-refractivity contribution >= 4 is 23.6 Å². The maximum absolute atomic E-state index is 11.7. The highest BCUT2D eigenvalue weighted by Gasteiger charge is 2.03. The summed E-state index contributed by atoms with van der Waals surface area (Å²) in [5.41, 5.74) is 5.31. The number of nitrogens with one attached hydrogen (secondary N) is 2. The normalized spacial score (nSPS) is 10.3. The van der Waals surface area contributed by atoms with Crippen LogP contribution in [0, 0.1) is 0 Å². The minimum Gasteiger partial charge on any atom is -0.356 e. The summed E-state index contributed by atoms with van der Waals surface area (Å²) in [5.74, 6) is 0.838. The number of aromatic nitrogens is 1. The zero-order valence-corrected chi connectivity index (χ0v) is 14.2. The maximum atomic E-state index is 11.7. The third-order valence-electron chi connectivity index (χ3n) is 3.09. The van der Waals surface area contributed by atoms with Crippen molar-refractivity contribution in [2.75, 3.05) is 25.4 Å². The molecule has 0 aromatic carbocycles. The number of amides is 2. The number of unbranched alkanes of at least 4 members (excludes halogenated alkanes) is 2. The van der Waals surface area contributed by atoms with E-state index in [1.807, 2.05) is 18.2 Å². The molecule has 0 aliphatic rings. The number of carbonyl (C=O) groups excluding carboxylic acids is 2. The fourth-order valence-corrected chi connectivity index (χ4v) is 2.69. The lowest BCUT2D eigenvalue weighted by Gasteiger charge is -2.06. The molecule has 7 heteroatoms. The molecule has 0 radical (unpaired) electrons. The Bertz CT molecular complexity index is 457. The van der Waals surface area contributed by atoms with Gasteiger partial charge in [-0.2, -0.15) is 0 Å². The largest absolute Gasteiger partial charge is 0.356 e. The van der Waals surface area contributed by atoms with Crippen molar-refractivity contribution in [3.8, 4) is 0 Å². The number of nitrogens with two attached hydrogens (primary N) is 1. The van der Waals surface area contributed by atoms with Gasteiger partial charge in [-0.3, -0.25) is 9.59 Å². The second kappa shape index (κ2) is 12.9. The molecule has 0 saturated carbocycles. The van der Waals surface area contributed by atoms with Crippen LogP contribution in [0.4, 0.5) is 0 Å². The number of hydrogen-bond donors (Lipinski definition) is 3. The molecule has 4 N–H and O–H groups in total. The van der Waals surface area contributed by atoms with E-state index in [0.717, 1.165) is 30.0 Å². The summed E-state index contributed by atoms with van der Waals surface area (Å²) in [6.45, 7) is 1.67. The Morgan fingerprint density at radius 2 is 1.83 bits per heavy atom. The fraction of sp³-hybridized carbons (Fsp3) is 0.562. The van der Waals surface area contributed by atoms with E-state index in [4.69, 9.17) is 5.73 Å². The molecule has 0 atom stereocenters. The molecule has 1 rings (SSSR count). The van der Waals surface area contributed by atoms with Crippen LogP contribution in [0.1, 0.15) is 32.1 Å². The standard InChI is InChI=1S/C16H26N4O2S/c17-9-12-19-14(21)6-2-1-4-10-18-15(22)8-13-23-16-7-3-5-11-20-16/h3,5,7,11H,1-2,4,6,8-10,12-13,17H2,(H,18,22)(H,19,21). The summed E-state index contributed by atoms with van der Waals surface area (Å²) < 4.78 is 0. The van der Waals surface area contributed by atoms with Gasteiger partial charge in [-0.1, -0.05) is 12.5 Å². The maximum Gasteiger partial charge on any atom is 0.220 e. The Hall–Kier alpha value is -1.60. The van der Waals surface area contributed by atoms with Gasteiger partial charge in [-0.05, 0) is 25.0 Å². The van der Waals surface area contributed by atoms with Gasteiger partial charge in [0.25, 0.3) is 0 Å². The number of thioether (sulfide) groups is 1. The Balaban J connectivity index is 1.93. The van der Waals surface area contributed by atoms with Crippen molar-refractivity contribution in [1.29, 1.82) is 0 Å². The quantitative estimate of drug-likeness (QED) is 0.394. The fourth-order valence-electron chi connectivity index (χ4n) is 1.88. The monoisotopic (exact) mass is 338 g/mol. The molecule has 0 fully saturated rings. The zero-order valence-electron chi connectivity index (χ0n) is 13.4. The number of rotatable bonds is 12. The highest BCUT2D eigenvalue weighted by Crippen LogP contribution is 2.14. The average molecular weight is 338 g/mol. The van der Waals surface area contributed by atoms with Crippen molar-refractivity contribution in [1.82, 2.24) is 15.6 Å². The van der Waals surface area contributed by atoms with Crippen LogP contribution in [0.2, 0.25) is 0 Å². The first-order valence-corrected chi connectivity index (χ1v) is 8.98. The van der Waals surface area contributed by atoms with Crippen molar-refractivity contribution < 1.29 is 9.59 Å². The molecule has 128 valence electrons. The summed E-state index contributed by atoms with van der Waals surface area (Å²) >= 11 is 1.58. The molecule has 0 unspecified atom stereocenters. The van der Waals surface area contributed by atoms with E-state index in [1.54, 1.807) is 18.0 Å². The second-order valence-electron chi connectivity index (χ2n) is 5.07. The van der Waals surface area contributed by atoms with Crippen molar-refractivity contribution in [3.63, 3.8) is 0 Å². The molecule has 6 nitrogen and oxygen atoms in total. The van der Waals surface area contributed by atoms with Crippen LogP contribution in [-0.2, 0) is 9.59 Å². The van der Waals surface area contributed by atoms with Gasteiger partial charge in [0.15, 0.2) is 0 Å². The van der Waals surface area contributed by atoms with E-state index in [9.17, 15) is 9.59 Å². The third-order valence-corrected chi connectivity index (χ3v) is 4.03. The summed E-state index contributed by atoms with van der Waals surface area (Å²) in [6, 6.07) is 5.75. The highest BCUT2D eigenvalue weighted by molar-refractivity contribution is 7.99. The Kier molecular flexibility index (Phi) is 10.9. The molecule has 0 aliphatic heterocycles. The number of hydrogen-bond acceptors (Lipinski definition) is 5. The van der Waals surface area contributed by atoms with E-state index in [-0.39, 0.29) is 11.8 Å². The summed E-state index contributed by atoms with van der Waals surface area (Å²) in [4.78, 5) is 27.2. The number of carbonyl (C=O) groups is 2. The zero-order chi connectivity index (χ0) is 16.8. The summed E-state index contributed by atoms with van der Waals surface area (Å²) in [5, 5.41) is 6.58. The lowest BCUT2D eigenvalue weighted by Crippen LogP contribution is -2.28. The van der Waals surface area contributed by atoms with Crippen LogP contribution in [0.5, 0.6) is 0 Å². The molecule has 0 bridgehead atoms. The van der Waals surface area contributed by atoms with Gasteiger partial charge in [-0.25, -0.2) is 4.98 Å². The second-order valence-corrected chi connectivity index (χ2v) is 6.18. The van der Waals surface area contributed by atoms with E-state index in [0.29, 0.717) is 32.5 Å². The minimum absolute atomic E-state index is 0.0473. The van der Waals surface area contributed by atoms with Gasteiger partial charge >= 0.3 is 0 Å². The minimum atomic E-state index is 0.0473. The van der Waals surface area contributed by atoms with Crippen LogP contribution in [0.25, 0.3) is 0 Å². The Labute approximate surface area is 142 Å². The van der Waals surface area contributed by atoms with Crippen molar-refractivity contribution in [3.05, 3.63) is 24.4 Å². The molecule has 23 heavy (non-hydrogen) atoms. The topological polar surface area (TPSA) is 97.1 Å². The first kappa shape index (κ1) is 19.4. The molecular formula is C16H26N4O2S. The molecule has 1 aromatic rings. The van der Waals surface area contributed by atoms with Crippen LogP contribution in [0.15, 0.2) is 29.4 Å². The predicted molar refractivity (Wildman–Crippen MR) is 93.1 cm³/mol. The van der Waals surface area contributed by atoms with Crippen LogP contribution < -0.4 is 16.4 Å². The number of pyridine rings is 1. The molecule has 1 aromatic heterocycles. The van der Waals surface area contributed by atoms with E-state index < -0.39 is 0 Å². The summed E-state index contributed by atoms with van der Waals surface area (Å²) in [6.07, 6.45) is 5.42. The predicted octanol–water partition coefficient (Wildman–Crippen LogP) is 1.32.